The van der Waals surface area contributed by atoms with E-state index >= 15 is 0 Å². The quantitative estimate of drug-likeness (QED) is 0.465. The van der Waals surface area contributed by atoms with E-state index in [1.165, 1.54) is 0 Å². The zero-order chi connectivity index (χ0) is 25.6. The average Bonchev–Trinajstić information content (AvgIpc) is 3.48. The molecule has 2 aromatic carbocycles. The van der Waals surface area contributed by atoms with Crippen LogP contribution in [0.1, 0.15) is 34.5 Å². The topological polar surface area (TPSA) is 127 Å². The molecule has 0 aromatic heterocycles. The molecule has 0 radical (unpaired) electrons. The fourth-order valence-electron chi connectivity index (χ4n) is 5.52. The van der Waals surface area contributed by atoms with E-state index in [9.17, 15) is 20.4 Å². The molecule has 9 atom stereocenters. The lowest BCUT2D eigenvalue weighted by Crippen LogP contribution is -2.60. The van der Waals surface area contributed by atoms with Gasteiger partial charge in [0, 0.05) is 11.8 Å². The number of methoxy groups -OCH3 is 1. The van der Waals surface area contributed by atoms with Crippen LogP contribution in [-0.2, 0) is 14.2 Å². The minimum atomic E-state index is -1.49. The molecule has 9 heteroatoms. The highest BCUT2D eigenvalue weighted by atomic mass is 16.7. The lowest BCUT2D eigenvalue weighted by atomic mass is 9.84. The standard InChI is InChI=1S/C27H34O9/c1-13-4-5-16(9-20(13)32-3)26-18-12-33-25(17(18)11-34-26)15-6-7-19(14(2)8-15)35-27-24(31)23(30)22(29)21(10-28)36-27/h4-9,17-18,21-31H,10-12H2,1-3H3/t17?,18?,21?,22-,23+,24?,25+,26-,27-/m1/s1. The molecule has 3 heterocycles. The van der Waals surface area contributed by atoms with Gasteiger partial charge in [-0.15, -0.1) is 0 Å². The van der Waals surface area contributed by atoms with Crippen molar-refractivity contribution in [3.63, 3.8) is 0 Å². The van der Waals surface area contributed by atoms with E-state index in [1.54, 1.807) is 13.2 Å². The van der Waals surface area contributed by atoms with Crippen LogP contribution in [0.25, 0.3) is 0 Å². The Balaban J connectivity index is 1.29. The summed E-state index contributed by atoms with van der Waals surface area (Å²) < 4.78 is 29.3. The third kappa shape index (κ3) is 4.50. The molecule has 9 nitrogen and oxygen atoms in total. The first-order valence-electron chi connectivity index (χ1n) is 12.3. The Morgan fingerprint density at radius 1 is 0.806 bits per heavy atom. The maximum atomic E-state index is 10.3. The largest absolute Gasteiger partial charge is 0.496 e. The van der Waals surface area contributed by atoms with Gasteiger partial charge >= 0.3 is 0 Å². The molecule has 4 N–H and O–H groups in total. The number of ether oxygens (including phenoxy) is 5. The molecule has 5 rings (SSSR count). The van der Waals surface area contributed by atoms with E-state index in [2.05, 4.69) is 12.1 Å². The van der Waals surface area contributed by atoms with Gasteiger partial charge < -0.3 is 44.1 Å². The lowest BCUT2D eigenvalue weighted by Gasteiger charge is -2.39. The van der Waals surface area contributed by atoms with Gasteiger partial charge in [0.1, 0.15) is 35.9 Å². The fourth-order valence-corrected chi connectivity index (χ4v) is 5.52. The Bertz CT molecular complexity index is 1070. The van der Waals surface area contributed by atoms with Crippen LogP contribution in [0.3, 0.4) is 0 Å². The fraction of sp³-hybridized carbons (Fsp3) is 0.556. The molecule has 2 aromatic rings. The van der Waals surface area contributed by atoms with E-state index < -0.39 is 37.3 Å². The Labute approximate surface area is 210 Å². The summed E-state index contributed by atoms with van der Waals surface area (Å²) in [7, 11) is 1.67. The number of fused-ring (bicyclic) bond motifs is 1. The highest BCUT2D eigenvalue weighted by Gasteiger charge is 2.48. The van der Waals surface area contributed by atoms with Crippen molar-refractivity contribution < 1.29 is 44.1 Å². The van der Waals surface area contributed by atoms with Crippen molar-refractivity contribution in [2.45, 2.75) is 56.8 Å². The maximum Gasteiger partial charge on any atom is 0.229 e. The Morgan fingerprint density at radius 2 is 1.44 bits per heavy atom. The van der Waals surface area contributed by atoms with Crippen molar-refractivity contribution >= 4 is 0 Å². The van der Waals surface area contributed by atoms with Gasteiger partial charge in [-0.1, -0.05) is 18.2 Å². The molecule has 196 valence electrons. The average molecular weight is 503 g/mol. The van der Waals surface area contributed by atoms with Crippen LogP contribution in [0.2, 0.25) is 0 Å². The summed E-state index contributed by atoms with van der Waals surface area (Å²) in [6, 6.07) is 11.9. The minimum absolute atomic E-state index is 0.0515. The molecule has 3 aliphatic rings. The van der Waals surface area contributed by atoms with E-state index in [1.807, 2.05) is 32.0 Å². The molecule has 3 saturated heterocycles. The zero-order valence-electron chi connectivity index (χ0n) is 20.6. The molecule has 3 fully saturated rings. The van der Waals surface area contributed by atoms with Gasteiger partial charge in [0.25, 0.3) is 0 Å². The van der Waals surface area contributed by atoms with Crippen molar-refractivity contribution in [1.82, 2.24) is 0 Å². The summed E-state index contributed by atoms with van der Waals surface area (Å²) in [5.74, 6) is 1.75. The van der Waals surface area contributed by atoms with Crippen LogP contribution in [0.5, 0.6) is 11.5 Å². The Hall–Kier alpha value is -2.24. The SMILES string of the molecule is COc1cc([C@H]2OCC3C2CO[C@H]3c2ccc(O[C@@H]3OC(CO)[C@@H](O)[C@H](O)C3O)c(C)c2)ccc1C. The summed E-state index contributed by atoms with van der Waals surface area (Å²) in [4.78, 5) is 0. The molecule has 0 saturated carbocycles. The number of benzene rings is 2. The molecule has 3 aliphatic heterocycles. The molecule has 0 bridgehead atoms. The molecular formula is C27H34O9. The van der Waals surface area contributed by atoms with Crippen molar-refractivity contribution in [2.24, 2.45) is 11.8 Å². The maximum absolute atomic E-state index is 10.3. The normalized spacial score (nSPS) is 36.0. The Morgan fingerprint density at radius 3 is 2.06 bits per heavy atom. The molecular weight excluding hydrogens is 468 g/mol. The third-order valence-electron chi connectivity index (χ3n) is 7.64. The van der Waals surface area contributed by atoms with Crippen LogP contribution >= 0.6 is 0 Å². The van der Waals surface area contributed by atoms with Gasteiger partial charge in [-0.05, 0) is 54.3 Å². The van der Waals surface area contributed by atoms with Gasteiger partial charge in [0.2, 0.25) is 6.29 Å². The van der Waals surface area contributed by atoms with Crippen LogP contribution in [-0.4, -0.2) is 78.1 Å². The van der Waals surface area contributed by atoms with Crippen molar-refractivity contribution in [3.8, 4) is 11.5 Å². The first-order valence-corrected chi connectivity index (χ1v) is 12.3. The number of rotatable bonds is 6. The first-order chi connectivity index (χ1) is 17.3. The monoisotopic (exact) mass is 502 g/mol. The highest BCUT2D eigenvalue weighted by Crippen LogP contribution is 2.51. The van der Waals surface area contributed by atoms with Gasteiger partial charge in [-0.3, -0.25) is 0 Å². The molecule has 36 heavy (non-hydrogen) atoms. The van der Waals surface area contributed by atoms with Crippen LogP contribution < -0.4 is 9.47 Å². The van der Waals surface area contributed by atoms with Gasteiger partial charge in [-0.25, -0.2) is 0 Å². The second kappa shape index (κ2) is 10.3. The molecule has 4 unspecified atom stereocenters. The summed E-state index contributed by atoms with van der Waals surface area (Å²) in [6.45, 7) is 4.57. The predicted molar refractivity (Wildman–Crippen MR) is 128 cm³/mol. The highest BCUT2D eigenvalue weighted by molar-refractivity contribution is 5.40. The van der Waals surface area contributed by atoms with Gasteiger partial charge in [0.15, 0.2) is 0 Å². The molecule has 0 spiro atoms. The first kappa shape index (κ1) is 25.4. The summed E-state index contributed by atoms with van der Waals surface area (Å²) in [5, 5.41) is 39.7. The molecule has 0 aliphatic carbocycles. The van der Waals surface area contributed by atoms with Crippen molar-refractivity contribution in [3.05, 3.63) is 58.7 Å². The summed E-state index contributed by atoms with van der Waals surface area (Å²) in [6.07, 6.45) is -6.81. The second-order valence-corrected chi connectivity index (χ2v) is 9.90. The second-order valence-electron chi connectivity index (χ2n) is 9.90. The van der Waals surface area contributed by atoms with E-state index in [4.69, 9.17) is 23.7 Å². The number of hydrogen-bond donors (Lipinski definition) is 4. The number of hydrogen-bond acceptors (Lipinski definition) is 9. The zero-order valence-corrected chi connectivity index (χ0v) is 20.6. The Kier molecular flexibility index (Phi) is 7.24. The molecule has 0 amide bonds. The van der Waals surface area contributed by atoms with E-state index in [0.717, 1.165) is 28.0 Å². The lowest BCUT2D eigenvalue weighted by molar-refractivity contribution is -0.277. The minimum Gasteiger partial charge on any atom is -0.496 e. The van der Waals surface area contributed by atoms with Gasteiger partial charge in [0.05, 0.1) is 39.1 Å². The van der Waals surface area contributed by atoms with E-state index in [0.29, 0.717) is 19.0 Å². The number of aliphatic hydroxyl groups is 4. The number of aliphatic hydroxyl groups excluding tert-OH is 4. The third-order valence-corrected chi connectivity index (χ3v) is 7.64. The summed E-state index contributed by atoms with van der Waals surface area (Å²) >= 11 is 0. The summed E-state index contributed by atoms with van der Waals surface area (Å²) in [5.41, 5.74) is 3.98. The van der Waals surface area contributed by atoms with Crippen molar-refractivity contribution in [2.75, 3.05) is 26.9 Å². The van der Waals surface area contributed by atoms with Crippen LogP contribution in [0.4, 0.5) is 0 Å². The number of aryl methyl sites for hydroxylation is 2. The van der Waals surface area contributed by atoms with Crippen LogP contribution in [0, 0.1) is 25.7 Å². The van der Waals surface area contributed by atoms with Gasteiger partial charge in [-0.2, -0.15) is 0 Å². The van der Waals surface area contributed by atoms with Crippen molar-refractivity contribution in [1.29, 1.82) is 0 Å². The van der Waals surface area contributed by atoms with E-state index in [-0.39, 0.29) is 24.0 Å². The smallest absolute Gasteiger partial charge is 0.229 e. The van der Waals surface area contributed by atoms with Crippen LogP contribution in [0.15, 0.2) is 36.4 Å². The predicted octanol–water partition coefficient (Wildman–Crippen LogP) is 1.57.